The van der Waals surface area contributed by atoms with Gasteiger partial charge in [-0.3, -0.25) is 14.4 Å². The van der Waals surface area contributed by atoms with Crippen LogP contribution >= 0.6 is 0 Å². The molecule has 4 heterocycles. The molecule has 4 rings (SSSR count). The van der Waals surface area contributed by atoms with Gasteiger partial charge in [-0.05, 0) is 43.6 Å². The van der Waals surface area contributed by atoms with Crippen molar-refractivity contribution in [2.75, 3.05) is 13.1 Å². The largest absolute Gasteiger partial charge is 0.340 e. The van der Waals surface area contributed by atoms with Gasteiger partial charge in [-0.15, -0.1) is 0 Å². The molecule has 0 radical (unpaired) electrons. The number of nitrogens with zero attached hydrogens (tertiary/aromatic N) is 3. The van der Waals surface area contributed by atoms with E-state index in [4.69, 9.17) is 0 Å². The van der Waals surface area contributed by atoms with Crippen molar-refractivity contribution in [2.45, 2.75) is 64.1 Å². The van der Waals surface area contributed by atoms with E-state index in [1.54, 1.807) is 18.3 Å². The fourth-order valence-electron chi connectivity index (χ4n) is 5.48. The molecule has 0 N–H and O–H groups in total. The highest BCUT2D eigenvalue weighted by molar-refractivity contribution is 5.78. The highest BCUT2D eigenvalue weighted by Crippen LogP contribution is 2.42. The Morgan fingerprint density at radius 2 is 2.00 bits per heavy atom. The zero-order valence-corrected chi connectivity index (χ0v) is 16.0. The maximum Gasteiger partial charge on any atom is 0.250 e. The average molecular weight is 371 g/mol. The molecule has 0 unspecified atom stereocenters. The predicted octanol–water partition coefficient (Wildman–Crippen LogP) is 1.88. The van der Waals surface area contributed by atoms with Crippen LogP contribution in [0, 0.1) is 11.8 Å². The molecule has 0 spiro atoms. The minimum Gasteiger partial charge on any atom is -0.340 e. The summed E-state index contributed by atoms with van der Waals surface area (Å²) >= 11 is 0. The molecular weight excluding hydrogens is 342 g/mol. The van der Waals surface area contributed by atoms with E-state index in [1.807, 2.05) is 4.90 Å². The topological polar surface area (TPSA) is 62.6 Å². The van der Waals surface area contributed by atoms with Crippen molar-refractivity contribution >= 4 is 11.8 Å². The molecule has 1 aromatic rings. The first-order chi connectivity index (χ1) is 13.1. The predicted molar refractivity (Wildman–Crippen MR) is 102 cm³/mol. The Morgan fingerprint density at radius 3 is 2.78 bits per heavy atom. The summed E-state index contributed by atoms with van der Waals surface area (Å²) in [5, 5.41) is 0. The number of likely N-dealkylation sites (tertiary alicyclic amines) is 1. The minimum absolute atomic E-state index is 0.0174. The van der Waals surface area contributed by atoms with Crippen LogP contribution in [-0.2, 0) is 16.1 Å². The van der Waals surface area contributed by atoms with Gasteiger partial charge in [-0.25, -0.2) is 0 Å². The minimum atomic E-state index is -0.143. The molecule has 3 aliphatic heterocycles. The standard InChI is InChI=1S/C21H29N3O3/c1-2-6-17-15-11-16(18-7-5-9-20(26)24(17)18)13-23(12-15)21(27)14-22-10-4-3-8-19(22)25/h3-4,8,10,15-18H,2,5-7,9,11-14H2,1H3/t15-,16+,17-,18-/m0/s1. The number of fused-ring (bicyclic) bond motifs is 4. The molecule has 3 aliphatic rings. The summed E-state index contributed by atoms with van der Waals surface area (Å²) in [7, 11) is 0. The summed E-state index contributed by atoms with van der Waals surface area (Å²) < 4.78 is 1.48. The Morgan fingerprint density at radius 1 is 1.19 bits per heavy atom. The molecule has 6 nitrogen and oxygen atoms in total. The molecule has 0 aliphatic carbocycles. The second-order valence-corrected chi connectivity index (χ2v) is 8.34. The van der Waals surface area contributed by atoms with Crippen LogP contribution in [0.2, 0.25) is 0 Å². The third kappa shape index (κ3) is 3.42. The lowest BCUT2D eigenvalue weighted by Crippen LogP contribution is -2.65. The number of carbonyl (C=O) groups is 2. The number of carbonyl (C=O) groups excluding carboxylic acids is 2. The van der Waals surface area contributed by atoms with E-state index >= 15 is 0 Å². The van der Waals surface area contributed by atoms with Crippen LogP contribution in [0.3, 0.4) is 0 Å². The lowest BCUT2D eigenvalue weighted by Gasteiger charge is -2.56. The third-order valence-electron chi connectivity index (χ3n) is 6.64. The lowest BCUT2D eigenvalue weighted by atomic mass is 9.71. The van der Waals surface area contributed by atoms with Gasteiger partial charge < -0.3 is 14.4 Å². The van der Waals surface area contributed by atoms with Crippen LogP contribution in [-0.4, -0.2) is 51.4 Å². The van der Waals surface area contributed by atoms with Crippen molar-refractivity contribution in [3.05, 3.63) is 34.7 Å². The fourth-order valence-corrected chi connectivity index (χ4v) is 5.48. The fraction of sp³-hybridized carbons (Fsp3) is 0.667. The quantitative estimate of drug-likeness (QED) is 0.812. The Kier molecular flexibility index (Phi) is 5.06. The number of hydrogen-bond donors (Lipinski definition) is 0. The van der Waals surface area contributed by atoms with Crippen LogP contribution in [0.25, 0.3) is 0 Å². The van der Waals surface area contributed by atoms with Crippen molar-refractivity contribution in [1.29, 1.82) is 0 Å². The van der Waals surface area contributed by atoms with Crippen molar-refractivity contribution in [3.63, 3.8) is 0 Å². The third-order valence-corrected chi connectivity index (χ3v) is 6.64. The van der Waals surface area contributed by atoms with E-state index in [1.165, 1.54) is 10.6 Å². The zero-order valence-electron chi connectivity index (χ0n) is 16.0. The van der Waals surface area contributed by atoms with Gasteiger partial charge in [0, 0.05) is 43.9 Å². The summed E-state index contributed by atoms with van der Waals surface area (Å²) in [6.07, 6.45) is 7.56. The molecule has 2 bridgehead atoms. The molecule has 6 heteroatoms. The molecule has 3 saturated heterocycles. The summed E-state index contributed by atoms with van der Waals surface area (Å²) in [5.74, 6) is 1.06. The summed E-state index contributed by atoms with van der Waals surface area (Å²) in [5.41, 5.74) is -0.143. The second kappa shape index (κ2) is 7.49. The molecule has 0 aromatic carbocycles. The number of piperidine rings is 3. The summed E-state index contributed by atoms with van der Waals surface area (Å²) in [6, 6.07) is 5.51. The van der Waals surface area contributed by atoms with E-state index < -0.39 is 0 Å². The maximum absolute atomic E-state index is 12.9. The molecule has 4 atom stereocenters. The van der Waals surface area contributed by atoms with E-state index in [0.29, 0.717) is 37.3 Å². The van der Waals surface area contributed by atoms with Gasteiger partial charge in [-0.1, -0.05) is 19.4 Å². The van der Waals surface area contributed by atoms with Gasteiger partial charge in [0.25, 0.3) is 5.56 Å². The van der Waals surface area contributed by atoms with Crippen molar-refractivity contribution in [2.24, 2.45) is 11.8 Å². The molecule has 1 aromatic heterocycles. The lowest BCUT2D eigenvalue weighted by molar-refractivity contribution is -0.156. The first-order valence-corrected chi connectivity index (χ1v) is 10.3. The number of pyridine rings is 1. The highest BCUT2D eigenvalue weighted by Gasteiger charge is 2.49. The van der Waals surface area contributed by atoms with E-state index in [0.717, 1.165) is 32.1 Å². The van der Waals surface area contributed by atoms with Gasteiger partial charge in [0.1, 0.15) is 6.54 Å². The second-order valence-electron chi connectivity index (χ2n) is 8.34. The van der Waals surface area contributed by atoms with Gasteiger partial charge >= 0.3 is 0 Å². The Labute approximate surface area is 160 Å². The van der Waals surface area contributed by atoms with Crippen LogP contribution < -0.4 is 5.56 Å². The van der Waals surface area contributed by atoms with Gasteiger partial charge in [0.05, 0.1) is 0 Å². The van der Waals surface area contributed by atoms with Crippen LogP contribution in [0.15, 0.2) is 29.2 Å². The number of amides is 2. The van der Waals surface area contributed by atoms with Crippen molar-refractivity contribution in [1.82, 2.24) is 14.4 Å². The normalized spacial score (nSPS) is 30.2. The van der Waals surface area contributed by atoms with Crippen molar-refractivity contribution in [3.8, 4) is 0 Å². The molecular formula is C21H29N3O3. The smallest absolute Gasteiger partial charge is 0.250 e. The first kappa shape index (κ1) is 18.3. The summed E-state index contributed by atoms with van der Waals surface area (Å²) in [4.78, 5) is 41.7. The molecule has 146 valence electrons. The maximum atomic E-state index is 12.9. The SMILES string of the molecule is CCC[C@H]1[C@H]2C[C@H](CN(C(=O)Cn3ccccc3=O)C2)[C@@H]2CCCC(=O)N21. The number of aromatic nitrogens is 1. The Bertz CT molecular complexity index is 774. The van der Waals surface area contributed by atoms with Crippen LogP contribution in [0.1, 0.15) is 45.4 Å². The van der Waals surface area contributed by atoms with Crippen LogP contribution in [0.4, 0.5) is 0 Å². The highest BCUT2D eigenvalue weighted by atomic mass is 16.2. The molecule has 3 fully saturated rings. The van der Waals surface area contributed by atoms with Gasteiger partial charge in [0.2, 0.25) is 11.8 Å². The molecule has 2 amide bonds. The zero-order chi connectivity index (χ0) is 19.0. The number of hydrogen-bond acceptors (Lipinski definition) is 3. The van der Waals surface area contributed by atoms with Crippen LogP contribution in [0.5, 0.6) is 0 Å². The average Bonchev–Trinajstić information content (AvgIpc) is 2.67. The van der Waals surface area contributed by atoms with Crippen molar-refractivity contribution < 1.29 is 9.59 Å². The number of rotatable bonds is 4. The molecule has 27 heavy (non-hydrogen) atoms. The van der Waals surface area contributed by atoms with E-state index in [2.05, 4.69) is 11.8 Å². The monoisotopic (exact) mass is 371 g/mol. The first-order valence-electron chi connectivity index (χ1n) is 10.3. The molecule has 0 saturated carbocycles. The van der Waals surface area contributed by atoms with E-state index in [9.17, 15) is 14.4 Å². The van der Waals surface area contributed by atoms with Gasteiger partial charge in [-0.2, -0.15) is 0 Å². The van der Waals surface area contributed by atoms with Gasteiger partial charge in [0.15, 0.2) is 0 Å². The van der Waals surface area contributed by atoms with E-state index in [-0.39, 0.29) is 30.1 Å². The Hall–Kier alpha value is -2.11. The Balaban J connectivity index is 1.54. The summed E-state index contributed by atoms with van der Waals surface area (Å²) in [6.45, 7) is 3.69.